The predicted octanol–water partition coefficient (Wildman–Crippen LogP) is 3.29. The van der Waals surface area contributed by atoms with Gasteiger partial charge in [-0.3, -0.25) is 4.98 Å². The predicted molar refractivity (Wildman–Crippen MR) is 82.1 cm³/mol. The van der Waals surface area contributed by atoms with E-state index in [4.69, 9.17) is 16.1 Å². The number of pyridine rings is 1. The fourth-order valence-electron chi connectivity index (χ4n) is 2.96. The first-order valence-corrected chi connectivity index (χ1v) is 7.32. The van der Waals surface area contributed by atoms with E-state index in [0.717, 1.165) is 47.8 Å². The minimum absolute atomic E-state index is 0.00422. The van der Waals surface area contributed by atoms with Gasteiger partial charge in [0.25, 0.3) is 0 Å². The van der Waals surface area contributed by atoms with Crippen LogP contribution in [0.15, 0.2) is 24.3 Å². The van der Waals surface area contributed by atoms with Gasteiger partial charge in [0.15, 0.2) is 6.61 Å². The molecule has 0 fully saturated rings. The van der Waals surface area contributed by atoms with Gasteiger partial charge in [0.1, 0.15) is 0 Å². The molecule has 1 heterocycles. The summed E-state index contributed by atoms with van der Waals surface area (Å²) < 4.78 is 5.19. The maximum absolute atomic E-state index is 12.5. The molecule has 0 N–H and O–H groups in total. The Kier molecular flexibility index (Phi) is 3.87. The lowest BCUT2D eigenvalue weighted by molar-refractivity contribution is 0.0557. The number of hydrogen-bond donors (Lipinski definition) is 0. The summed E-state index contributed by atoms with van der Waals surface area (Å²) in [6.45, 7) is 0.00422. The molecule has 1 aromatic heterocycles. The number of benzene rings is 1. The second-order valence-electron chi connectivity index (χ2n) is 5.27. The number of terminal acetylenes is 1. The van der Waals surface area contributed by atoms with Crippen LogP contribution in [0.1, 0.15) is 40.9 Å². The molecule has 3 heteroatoms. The maximum atomic E-state index is 12.5. The molecule has 0 saturated heterocycles. The summed E-state index contributed by atoms with van der Waals surface area (Å²) >= 11 is 0. The molecule has 0 atom stereocenters. The van der Waals surface area contributed by atoms with E-state index < -0.39 is 0 Å². The number of para-hydroxylation sites is 1. The zero-order chi connectivity index (χ0) is 14.7. The largest absolute Gasteiger partial charge is 0.449 e. The Bertz CT molecular complexity index is 728. The zero-order valence-electron chi connectivity index (χ0n) is 11.9. The third-order valence-electron chi connectivity index (χ3n) is 3.91. The second kappa shape index (κ2) is 5.97. The van der Waals surface area contributed by atoms with E-state index >= 15 is 0 Å². The molecule has 0 spiro atoms. The molecule has 0 aliphatic heterocycles. The molecule has 1 aromatic carbocycles. The van der Waals surface area contributed by atoms with E-state index in [9.17, 15) is 4.79 Å². The molecule has 0 saturated carbocycles. The van der Waals surface area contributed by atoms with Gasteiger partial charge >= 0.3 is 5.97 Å². The molecule has 2 aromatic rings. The Balaban J connectivity index is 2.20. The summed E-state index contributed by atoms with van der Waals surface area (Å²) in [5, 5.41) is 0.861. The number of carbonyl (C=O) groups excluding carboxylic acids is 1. The van der Waals surface area contributed by atoms with Crippen molar-refractivity contribution < 1.29 is 9.53 Å². The quantitative estimate of drug-likeness (QED) is 0.481. The van der Waals surface area contributed by atoms with Crippen molar-refractivity contribution in [3.8, 4) is 12.3 Å². The fourth-order valence-corrected chi connectivity index (χ4v) is 2.96. The molecule has 21 heavy (non-hydrogen) atoms. The van der Waals surface area contributed by atoms with Gasteiger partial charge in [0.2, 0.25) is 0 Å². The topological polar surface area (TPSA) is 39.2 Å². The van der Waals surface area contributed by atoms with Crippen LogP contribution in [-0.4, -0.2) is 17.6 Å². The van der Waals surface area contributed by atoms with Crippen LogP contribution in [0.5, 0.6) is 0 Å². The van der Waals surface area contributed by atoms with Crippen molar-refractivity contribution in [2.24, 2.45) is 0 Å². The Morgan fingerprint density at radius 3 is 2.90 bits per heavy atom. The first kappa shape index (κ1) is 13.6. The number of nitrogens with zero attached hydrogens (tertiary/aromatic N) is 1. The molecule has 3 rings (SSSR count). The number of ether oxygens (including phenoxy) is 1. The number of carbonyl (C=O) groups is 1. The smallest absolute Gasteiger partial charge is 0.340 e. The highest BCUT2D eigenvalue weighted by molar-refractivity contribution is 6.05. The van der Waals surface area contributed by atoms with Crippen LogP contribution in [0.4, 0.5) is 0 Å². The fraction of sp³-hybridized carbons (Fsp3) is 0.333. The molecule has 3 nitrogen and oxygen atoms in total. The standard InChI is InChI=1S/C18H17NO2/c1-2-12-21-18(20)17-13-8-4-3-5-10-15(13)19-16-11-7-6-9-14(16)17/h1,6-7,9,11H,3-5,8,10,12H2. The number of aromatic nitrogens is 1. The van der Waals surface area contributed by atoms with E-state index in [0.29, 0.717) is 5.56 Å². The lowest BCUT2D eigenvalue weighted by Crippen LogP contribution is -2.12. The van der Waals surface area contributed by atoms with Crippen molar-refractivity contribution in [2.45, 2.75) is 32.1 Å². The zero-order valence-corrected chi connectivity index (χ0v) is 11.9. The summed E-state index contributed by atoms with van der Waals surface area (Å²) in [6.07, 6.45) is 10.4. The maximum Gasteiger partial charge on any atom is 0.340 e. The van der Waals surface area contributed by atoms with Crippen molar-refractivity contribution in [3.05, 3.63) is 41.1 Å². The first-order chi connectivity index (χ1) is 10.3. The summed E-state index contributed by atoms with van der Waals surface area (Å²) in [5.41, 5.74) is 3.60. The number of fused-ring (bicyclic) bond motifs is 2. The van der Waals surface area contributed by atoms with Crippen molar-refractivity contribution in [3.63, 3.8) is 0 Å². The van der Waals surface area contributed by atoms with Crippen molar-refractivity contribution in [1.82, 2.24) is 4.98 Å². The minimum Gasteiger partial charge on any atom is -0.449 e. The monoisotopic (exact) mass is 279 g/mol. The minimum atomic E-state index is -0.329. The van der Waals surface area contributed by atoms with Crippen LogP contribution in [0.3, 0.4) is 0 Å². The highest BCUT2D eigenvalue weighted by Gasteiger charge is 2.22. The number of hydrogen-bond acceptors (Lipinski definition) is 3. The van der Waals surface area contributed by atoms with Gasteiger partial charge in [-0.1, -0.05) is 30.5 Å². The Morgan fingerprint density at radius 2 is 2.05 bits per heavy atom. The van der Waals surface area contributed by atoms with Gasteiger partial charge in [-0.2, -0.15) is 0 Å². The van der Waals surface area contributed by atoms with E-state index in [1.165, 1.54) is 6.42 Å². The summed E-state index contributed by atoms with van der Waals surface area (Å²) in [6, 6.07) is 7.73. The number of aryl methyl sites for hydroxylation is 1. The third kappa shape index (κ3) is 2.62. The Hall–Kier alpha value is -2.34. The third-order valence-corrected chi connectivity index (χ3v) is 3.91. The molecule has 1 aliphatic carbocycles. The molecule has 0 amide bonds. The van der Waals surface area contributed by atoms with Crippen molar-refractivity contribution >= 4 is 16.9 Å². The molecule has 0 unspecified atom stereocenters. The number of esters is 1. The van der Waals surface area contributed by atoms with Gasteiger partial charge in [-0.15, -0.1) is 6.42 Å². The van der Waals surface area contributed by atoms with Gasteiger partial charge in [0.05, 0.1) is 11.1 Å². The molecular weight excluding hydrogens is 262 g/mol. The van der Waals surface area contributed by atoms with E-state index in [1.807, 2.05) is 24.3 Å². The van der Waals surface area contributed by atoms with E-state index in [2.05, 4.69) is 5.92 Å². The van der Waals surface area contributed by atoms with Gasteiger partial charge in [-0.25, -0.2) is 4.79 Å². The lowest BCUT2D eigenvalue weighted by atomic mass is 9.97. The van der Waals surface area contributed by atoms with Crippen LogP contribution in [0.2, 0.25) is 0 Å². The Labute approximate surface area is 124 Å². The highest BCUT2D eigenvalue weighted by atomic mass is 16.5. The van der Waals surface area contributed by atoms with Crippen LogP contribution in [0.25, 0.3) is 10.9 Å². The highest BCUT2D eigenvalue weighted by Crippen LogP contribution is 2.29. The van der Waals surface area contributed by atoms with Crippen molar-refractivity contribution in [2.75, 3.05) is 6.61 Å². The normalized spacial score (nSPS) is 14.0. The van der Waals surface area contributed by atoms with Crippen molar-refractivity contribution in [1.29, 1.82) is 0 Å². The van der Waals surface area contributed by atoms with Gasteiger partial charge in [-0.05, 0) is 37.3 Å². The van der Waals surface area contributed by atoms with Gasteiger partial charge < -0.3 is 4.74 Å². The van der Waals surface area contributed by atoms with Crippen LogP contribution < -0.4 is 0 Å². The SMILES string of the molecule is C#CCOC(=O)c1c2c(nc3ccccc13)CCCCC2. The van der Waals surface area contributed by atoms with E-state index in [1.54, 1.807) is 0 Å². The molecule has 1 aliphatic rings. The van der Waals surface area contributed by atoms with Crippen LogP contribution in [-0.2, 0) is 17.6 Å². The van der Waals surface area contributed by atoms with Gasteiger partial charge in [0, 0.05) is 11.1 Å². The lowest BCUT2D eigenvalue weighted by Gasteiger charge is -2.14. The molecular formula is C18H17NO2. The van der Waals surface area contributed by atoms with Crippen LogP contribution >= 0.6 is 0 Å². The summed E-state index contributed by atoms with van der Waals surface area (Å²) in [4.78, 5) is 17.2. The molecule has 106 valence electrons. The average Bonchev–Trinajstić information content (AvgIpc) is 2.75. The number of rotatable bonds is 2. The molecule has 0 bridgehead atoms. The summed E-state index contributed by atoms with van der Waals surface area (Å²) in [7, 11) is 0. The van der Waals surface area contributed by atoms with E-state index in [-0.39, 0.29) is 12.6 Å². The second-order valence-corrected chi connectivity index (χ2v) is 5.27. The first-order valence-electron chi connectivity index (χ1n) is 7.32. The Morgan fingerprint density at radius 1 is 1.24 bits per heavy atom. The summed E-state index contributed by atoms with van der Waals surface area (Å²) in [5.74, 6) is 2.02. The van der Waals surface area contributed by atoms with Crippen LogP contribution in [0, 0.1) is 12.3 Å². The molecule has 0 radical (unpaired) electrons. The average molecular weight is 279 g/mol.